The quantitative estimate of drug-likeness (QED) is 0.363. The summed E-state index contributed by atoms with van der Waals surface area (Å²) >= 11 is 0. The van der Waals surface area contributed by atoms with Crippen LogP contribution in [0.3, 0.4) is 0 Å². The first-order chi connectivity index (χ1) is 14.8. The summed E-state index contributed by atoms with van der Waals surface area (Å²) in [4.78, 5) is 36.6. The molecule has 0 spiro atoms. The van der Waals surface area contributed by atoms with E-state index in [-0.39, 0.29) is 0 Å². The van der Waals surface area contributed by atoms with E-state index >= 15 is 0 Å². The van der Waals surface area contributed by atoms with Crippen molar-refractivity contribution in [2.45, 2.75) is 0 Å². The van der Waals surface area contributed by atoms with E-state index in [4.69, 9.17) is 19.9 Å². The lowest BCUT2D eigenvalue weighted by Gasteiger charge is -2.06. The third-order valence-electron chi connectivity index (χ3n) is 5.17. The van der Waals surface area contributed by atoms with Crippen molar-refractivity contribution >= 4 is 66.2 Å². The van der Waals surface area contributed by atoms with Crippen LogP contribution < -0.4 is 0 Å². The molecule has 30 heavy (non-hydrogen) atoms. The van der Waals surface area contributed by atoms with Gasteiger partial charge >= 0.3 is 0 Å². The molecule has 0 saturated carbocycles. The molecule has 4 heterocycles. The van der Waals surface area contributed by atoms with Crippen molar-refractivity contribution in [2.75, 3.05) is 0 Å². The smallest absolute Gasteiger partial charge is 0.0917 e. The minimum absolute atomic E-state index is 0.757. The Bertz CT molecular complexity index is 1550. The fraction of sp³-hybridized carbons (Fsp3) is 0. The maximum absolute atomic E-state index is 4.79. The van der Waals surface area contributed by atoms with Crippen LogP contribution in [0.4, 0.5) is 0 Å². The summed E-state index contributed by atoms with van der Waals surface area (Å²) in [6.45, 7) is 0. The van der Waals surface area contributed by atoms with Gasteiger partial charge in [0.15, 0.2) is 0 Å². The van der Waals surface area contributed by atoms with E-state index in [2.05, 4.69) is 19.9 Å². The Morgan fingerprint density at radius 3 is 0.700 bits per heavy atom. The van der Waals surface area contributed by atoms with Gasteiger partial charge in [0.1, 0.15) is 0 Å². The number of fused-ring (bicyclic) bond motifs is 6. The van der Waals surface area contributed by atoms with Crippen molar-refractivity contribution in [2.24, 2.45) is 0 Å². The molecule has 0 aliphatic carbocycles. The van der Waals surface area contributed by atoms with Gasteiger partial charge in [0.2, 0.25) is 0 Å². The molecule has 0 saturated heterocycles. The van der Waals surface area contributed by atoms with E-state index in [0.717, 1.165) is 66.2 Å². The van der Waals surface area contributed by atoms with Gasteiger partial charge in [-0.05, 0) is 36.4 Å². The SMILES string of the molecule is c1cnc2cc3nc4cc5nc6cc7nccnc7cc6nc5cc4nc3cc2n1. The summed E-state index contributed by atoms with van der Waals surface area (Å²) in [5, 5.41) is 0. The normalized spacial score (nSPS) is 12.0. The average molecular weight is 386 g/mol. The summed E-state index contributed by atoms with van der Waals surface area (Å²) in [5.74, 6) is 0. The van der Waals surface area contributed by atoms with Crippen LogP contribution in [0.1, 0.15) is 0 Å². The lowest BCUT2D eigenvalue weighted by atomic mass is 10.2. The second-order valence-corrected chi connectivity index (χ2v) is 7.05. The maximum Gasteiger partial charge on any atom is 0.0917 e. The molecule has 0 atom stereocenters. The van der Waals surface area contributed by atoms with Crippen LogP contribution in [0.5, 0.6) is 0 Å². The molecule has 3 aromatic carbocycles. The van der Waals surface area contributed by atoms with Gasteiger partial charge < -0.3 is 0 Å². The van der Waals surface area contributed by atoms with Gasteiger partial charge in [-0.2, -0.15) is 0 Å². The van der Waals surface area contributed by atoms with Crippen molar-refractivity contribution in [1.29, 1.82) is 0 Å². The van der Waals surface area contributed by atoms with Crippen molar-refractivity contribution in [3.8, 4) is 0 Å². The van der Waals surface area contributed by atoms with E-state index in [9.17, 15) is 0 Å². The van der Waals surface area contributed by atoms with E-state index in [1.807, 2.05) is 36.4 Å². The number of rotatable bonds is 0. The minimum atomic E-state index is 0.757. The zero-order valence-electron chi connectivity index (χ0n) is 15.4. The predicted molar refractivity (Wildman–Crippen MR) is 114 cm³/mol. The van der Waals surface area contributed by atoms with E-state index in [1.54, 1.807) is 24.8 Å². The fourth-order valence-corrected chi connectivity index (χ4v) is 3.77. The summed E-state index contributed by atoms with van der Waals surface area (Å²) < 4.78 is 0. The summed E-state index contributed by atoms with van der Waals surface area (Å²) in [6.07, 6.45) is 6.69. The summed E-state index contributed by atoms with van der Waals surface area (Å²) in [5.41, 5.74) is 9.26. The number of hydrogen-bond acceptors (Lipinski definition) is 8. The number of nitrogens with zero attached hydrogens (tertiary/aromatic N) is 8. The van der Waals surface area contributed by atoms with Gasteiger partial charge in [-0.1, -0.05) is 0 Å². The van der Waals surface area contributed by atoms with Crippen LogP contribution in [-0.2, 0) is 0 Å². The molecular weight excluding hydrogens is 376 g/mol. The Hall–Kier alpha value is -4.46. The molecule has 0 amide bonds. The Balaban J connectivity index is 1.54. The van der Waals surface area contributed by atoms with Crippen LogP contribution in [-0.4, -0.2) is 39.9 Å². The highest BCUT2D eigenvalue weighted by Gasteiger charge is 2.10. The topological polar surface area (TPSA) is 103 Å². The van der Waals surface area contributed by atoms with Gasteiger partial charge in [-0.25, -0.2) is 19.9 Å². The molecule has 0 radical (unpaired) electrons. The van der Waals surface area contributed by atoms with Crippen LogP contribution in [0.15, 0.2) is 61.2 Å². The number of aromatic nitrogens is 8. The molecule has 138 valence electrons. The number of benzene rings is 3. The molecule has 8 nitrogen and oxygen atoms in total. The van der Waals surface area contributed by atoms with E-state index in [1.165, 1.54) is 0 Å². The fourth-order valence-electron chi connectivity index (χ4n) is 3.77. The highest BCUT2D eigenvalue weighted by molar-refractivity contribution is 6.00. The van der Waals surface area contributed by atoms with Crippen LogP contribution in [0, 0.1) is 0 Å². The molecule has 8 heteroatoms. The van der Waals surface area contributed by atoms with Crippen molar-refractivity contribution in [3.05, 3.63) is 61.2 Å². The lowest BCUT2D eigenvalue weighted by Crippen LogP contribution is -1.93. The average Bonchev–Trinajstić information content (AvgIpc) is 2.77. The van der Waals surface area contributed by atoms with Crippen LogP contribution in [0.2, 0.25) is 0 Å². The van der Waals surface area contributed by atoms with E-state index < -0.39 is 0 Å². The van der Waals surface area contributed by atoms with Gasteiger partial charge in [0.25, 0.3) is 0 Å². The Labute approximate surface area is 167 Å². The molecule has 0 N–H and O–H groups in total. The Morgan fingerprint density at radius 2 is 0.467 bits per heavy atom. The molecule has 0 fully saturated rings. The van der Waals surface area contributed by atoms with Gasteiger partial charge in [-0.3, -0.25) is 19.9 Å². The first-order valence-electron chi connectivity index (χ1n) is 9.35. The first kappa shape index (κ1) is 15.5. The molecule has 0 bridgehead atoms. The zero-order valence-corrected chi connectivity index (χ0v) is 15.4. The van der Waals surface area contributed by atoms with Gasteiger partial charge in [0.05, 0.1) is 66.2 Å². The highest BCUT2D eigenvalue weighted by Crippen LogP contribution is 2.25. The van der Waals surface area contributed by atoms with Gasteiger partial charge in [0, 0.05) is 24.8 Å². The molecule has 0 aliphatic heterocycles. The largest absolute Gasteiger partial charge is 0.253 e. The van der Waals surface area contributed by atoms with E-state index in [0.29, 0.717) is 0 Å². The molecular formula is C22H10N8. The van der Waals surface area contributed by atoms with Crippen LogP contribution >= 0.6 is 0 Å². The standard InChI is InChI=1S/C22H10N8/c1-2-24-12-6-16-15(5-11(12)23-1)27-19-9-21-22(10-20(19)28-16)30-18-8-14-13(7-17(18)29-21)25-3-4-26-14/h1-10H. The third-order valence-corrected chi connectivity index (χ3v) is 5.17. The number of hydrogen-bond donors (Lipinski definition) is 0. The first-order valence-corrected chi connectivity index (χ1v) is 9.35. The second-order valence-electron chi connectivity index (χ2n) is 7.05. The van der Waals surface area contributed by atoms with Crippen molar-refractivity contribution < 1.29 is 0 Å². The molecule has 7 rings (SSSR count). The monoisotopic (exact) mass is 386 g/mol. The summed E-state index contributed by atoms with van der Waals surface area (Å²) in [6, 6.07) is 11.5. The van der Waals surface area contributed by atoms with Crippen molar-refractivity contribution in [3.63, 3.8) is 0 Å². The maximum atomic E-state index is 4.79. The zero-order chi connectivity index (χ0) is 19.7. The van der Waals surface area contributed by atoms with Gasteiger partial charge in [-0.15, -0.1) is 0 Å². The molecule has 0 unspecified atom stereocenters. The van der Waals surface area contributed by atoms with Crippen LogP contribution in [0.25, 0.3) is 66.2 Å². The molecule has 4 aromatic heterocycles. The minimum Gasteiger partial charge on any atom is -0.253 e. The lowest BCUT2D eigenvalue weighted by molar-refractivity contribution is 1.29. The second kappa shape index (κ2) is 5.54. The molecule has 7 aromatic rings. The van der Waals surface area contributed by atoms with Crippen molar-refractivity contribution in [1.82, 2.24) is 39.9 Å². The Morgan fingerprint density at radius 1 is 0.267 bits per heavy atom. The predicted octanol–water partition coefficient (Wildman–Crippen LogP) is 3.77. The molecule has 0 aliphatic rings. The summed E-state index contributed by atoms with van der Waals surface area (Å²) in [7, 11) is 0. The third kappa shape index (κ3) is 2.21. The highest BCUT2D eigenvalue weighted by atomic mass is 14.9. The Kier molecular flexibility index (Phi) is 2.86.